The summed E-state index contributed by atoms with van der Waals surface area (Å²) in [5.74, 6) is 6.53. The average Bonchev–Trinajstić information content (AvgIpc) is 2.89. The second kappa shape index (κ2) is 6.42. The Morgan fingerprint density at radius 2 is 2.22 bits per heavy atom. The molecule has 7 nitrogen and oxygen atoms in total. The monoisotopic (exact) mass is 314 g/mol. The lowest BCUT2D eigenvalue weighted by Gasteiger charge is -2.29. The van der Waals surface area contributed by atoms with Gasteiger partial charge >= 0.3 is 0 Å². The van der Waals surface area contributed by atoms with Gasteiger partial charge in [0.05, 0.1) is 12.7 Å². The highest BCUT2D eigenvalue weighted by atomic mass is 16.1. The number of rotatable bonds is 3. The third kappa shape index (κ3) is 2.94. The highest BCUT2D eigenvalue weighted by Crippen LogP contribution is 2.22. The Bertz CT molecular complexity index is 825. The summed E-state index contributed by atoms with van der Waals surface area (Å²) in [6.07, 6.45) is 5.96. The van der Waals surface area contributed by atoms with Crippen LogP contribution in [0, 0.1) is 11.8 Å². The fourth-order valence-electron chi connectivity index (χ4n) is 3.06. The summed E-state index contributed by atoms with van der Waals surface area (Å²) >= 11 is 0. The van der Waals surface area contributed by atoms with Crippen molar-refractivity contribution in [1.29, 1.82) is 0 Å². The van der Waals surface area contributed by atoms with Gasteiger partial charge in [-0.05, 0) is 19.8 Å². The number of fused-ring (bicyclic) bond motifs is 1. The Hall–Kier alpha value is -2.33. The molecule has 0 radical (unpaired) electrons. The fraction of sp³-hybridized carbons (Fsp3) is 0.562. The van der Waals surface area contributed by atoms with Gasteiger partial charge in [0.2, 0.25) is 5.95 Å². The summed E-state index contributed by atoms with van der Waals surface area (Å²) in [5.41, 5.74) is 7.15. The van der Waals surface area contributed by atoms with E-state index in [2.05, 4.69) is 27.2 Å². The van der Waals surface area contributed by atoms with Crippen LogP contribution in [0.5, 0.6) is 0 Å². The van der Waals surface area contributed by atoms with E-state index in [-0.39, 0.29) is 17.6 Å². The van der Waals surface area contributed by atoms with E-state index < -0.39 is 0 Å². The molecule has 0 saturated heterocycles. The molecule has 0 aromatic carbocycles. The number of anilines is 1. The number of nitrogens with zero attached hydrogens (tertiary/aromatic N) is 4. The number of hydrogen-bond donors (Lipinski definition) is 2. The molecule has 1 aliphatic rings. The number of imidazole rings is 1. The van der Waals surface area contributed by atoms with E-state index in [1.54, 1.807) is 20.2 Å². The van der Waals surface area contributed by atoms with Crippen molar-refractivity contribution in [3.8, 4) is 11.8 Å². The van der Waals surface area contributed by atoms with Crippen LogP contribution in [0.2, 0.25) is 0 Å². The molecular weight excluding hydrogens is 292 g/mol. The number of aryl methyl sites for hydroxylation is 1. The first-order valence-corrected chi connectivity index (χ1v) is 7.96. The molecule has 2 aromatic heterocycles. The predicted octanol–water partition coefficient (Wildman–Crippen LogP) is 0.835. The third-order valence-electron chi connectivity index (χ3n) is 4.39. The summed E-state index contributed by atoms with van der Waals surface area (Å²) < 4.78 is 3.15. The van der Waals surface area contributed by atoms with Gasteiger partial charge in [0.25, 0.3) is 5.56 Å². The van der Waals surface area contributed by atoms with Gasteiger partial charge in [-0.1, -0.05) is 18.8 Å². The lowest BCUT2D eigenvalue weighted by molar-refractivity contribution is 0.402. The smallest absolute Gasteiger partial charge is 0.292 e. The van der Waals surface area contributed by atoms with E-state index in [9.17, 15) is 4.79 Å². The molecule has 3 rings (SSSR count). The SMILES string of the molecule is CC#CCn1c(N[C@@H]2CCCC[C@@H]2N)nc2cnn(C)c(=O)c21. The van der Waals surface area contributed by atoms with Crippen LogP contribution in [-0.4, -0.2) is 31.4 Å². The van der Waals surface area contributed by atoms with Crippen LogP contribution in [0.25, 0.3) is 11.0 Å². The lowest BCUT2D eigenvalue weighted by atomic mass is 9.91. The Kier molecular flexibility index (Phi) is 4.35. The summed E-state index contributed by atoms with van der Waals surface area (Å²) in [7, 11) is 1.63. The summed E-state index contributed by atoms with van der Waals surface area (Å²) in [6, 6.07) is 0.279. The number of nitrogens with one attached hydrogen (secondary N) is 1. The number of hydrogen-bond acceptors (Lipinski definition) is 5. The summed E-state index contributed by atoms with van der Waals surface area (Å²) in [6.45, 7) is 2.19. The predicted molar refractivity (Wildman–Crippen MR) is 90.1 cm³/mol. The van der Waals surface area contributed by atoms with Crippen LogP contribution < -0.4 is 16.6 Å². The van der Waals surface area contributed by atoms with Crippen molar-refractivity contribution in [3.05, 3.63) is 16.6 Å². The van der Waals surface area contributed by atoms with Crippen molar-refractivity contribution in [2.24, 2.45) is 12.8 Å². The molecule has 0 bridgehead atoms. The maximum Gasteiger partial charge on any atom is 0.292 e. The maximum atomic E-state index is 12.4. The van der Waals surface area contributed by atoms with Crippen LogP contribution >= 0.6 is 0 Å². The van der Waals surface area contributed by atoms with Crippen LogP contribution in [0.1, 0.15) is 32.6 Å². The summed E-state index contributed by atoms with van der Waals surface area (Å²) in [4.78, 5) is 17.0. The normalized spacial score (nSPS) is 21.0. The molecule has 1 saturated carbocycles. The third-order valence-corrected chi connectivity index (χ3v) is 4.39. The average molecular weight is 314 g/mol. The molecule has 2 atom stereocenters. The largest absolute Gasteiger partial charge is 0.351 e. The molecule has 122 valence electrons. The highest BCUT2D eigenvalue weighted by Gasteiger charge is 2.24. The van der Waals surface area contributed by atoms with Crippen LogP contribution in [0.4, 0.5) is 5.95 Å². The molecule has 3 N–H and O–H groups in total. The van der Waals surface area contributed by atoms with Crippen molar-refractivity contribution in [2.75, 3.05) is 5.32 Å². The minimum atomic E-state index is -0.172. The van der Waals surface area contributed by atoms with Gasteiger partial charge in [-0.3, -0.25) is 9.36 Å². The van der Waals surface area contributed by atoms with E-state index in [1.807, 2.05) is 4.57 Å². The molecule has 0 aliphatic heterocycles. The van der Waals surface area contributed by atoms with E-state index in [0.717, 1.165) is 19.3 Å². The molecule has 1 aliphatic carbocycles. The quantitative estimate of drug-likeness (QED) is 0.819. The van der Waals surface area contributed by atoms with Crippen molar-refractivity contribution < 1.29 is 0 Å². The second-order valence-corrected chi connectivity index (χ2v) is 5.95. The topological polar surface area (TPSA) is 90.8 Å². The van der Waals surface area contributed by atoms with E-state index >= 15 is 0 Å². The Morgan fingerprint density at radius 1 is 1.43 bits per heavy atom. The van der Waals surface area contributed by atoms with Crippen molar-refractivity contribution in [3.63, 3.8) is 0 Å². The van der Waals surface area contributed by atoms with Gasteiger partial charge < -0.3 is 11.1 Å². The molecule has 0 spiro atoms. The number of nitrogens with two attached hydrogens (primary N) is 1. The molecular formula is C16H22N6O. The number of aromatic nitrogens is 4. The van der Waals surface area contributed by atoms with Gasteiger partial charge in [-0.2, -0.15) is 5.10 Å². The molecule has 2 aromatic rings. The minimum Gasteiger partial charge on any atom is -0.351 e. The van der Waals surface area contributed by atoms with E-state index in [1.165, 1.54) is 11.1 Å². The first-order chi connectivity index (χ1) is 11.1. The fourth-order valence-corrected chi connectivity index (χ4v) is 3.06. The zero-order valence-electron chi connectivity index (χ0n) is 13.5. The molecule has 1 fully saturated rings. The van der Waals surface area contributed by atoms with Gasteiger partial charge in [0, 0.05) is 19.1 Å². The lowest BCUT2D eigenvalue weighted by Crippen LogP contribution is -2.43. The zero-order chi connectivity index (χ0) is 16.4. The highest BCUT2D eigenvalue weighted by molar-refractivity contribution is 5.77. The van der Waals surface area contributed by atoms with Gasteiger partial charge in [-0.25, -0.2) is 9.67 Å². The summed E-state index contributed by atoms with van der Waals surface area (Å²) in [5, 5.41) is 7.47. The van der Waals surface area contributed by atoms with Crippen molar-refractivity contribution >= 4 is 17.0 Å². The molecule has 23 heavy (non-hydrogen) atoms. The standard InChI is InChI=1S/C16H22N6O/c1-3-4-9-22-14-13(10-18-21(2)15(14)23)20-16(22)19-12-8-6-5-7-11(12)17/h10-12H,5-9,17H2,1-2H3,(H,19,20)/t11-,12+/m0/s1. The molecule has 0 unspecified atom stereocenters. The van der Waals surface area contributed by atoms with E-state index in [4.69, 9.17) is 5.73 Å². The van der Waals surface area contributed by atoms with E-state index in [0.29, 0.717) is 23.5 Å². The minimum absolute atomic E-state index is 0.107. The van der Waals surface area contributed by atoms with Crippen molar-refractivity contribution in [2.45, 2.75) is 51.2 Å². The Morgan fingerprint density at radius 3 is 2.96 bits per heavy atom. The second-order valence-electron chi connectivity index (χ2n) is 5.95. The molecule has 7 heteroatoms. The van der Waals surface area contributed by atoms with Crippen LogP contribution in [0.3, 0.4) is 0 Å². The first kappa shape index (κ1) is 15.6. The Labute approximate surface area is 134 Å². The maximum absolute atomic E-state index is 12.4. The molecule has 2 heterocycles. The van der Waals surface area contributed by atoms with Gasteiger partial charge in [0.15, 0.2) is 0 Å². The Balaban J connectivity index is 2.05. The van der Waals surface area contributed by atoms with Crippen molar-refractivity contribution in [1.82, 2.24) is 19.3 Å². The zero-order valence-corrected chi connectivity index (χ0v) is 13.5. The van der Waals surface area contributed by atoms with Gasteiger partial charge in [0.1, 0.15) is 11.0 Å². The van der Waals surface area contributed by atoms with Crippen LogP contribution in [-0.2, 0) is 13.6 Å². The first-order valence-electron chi connectivity index (χ1n) is 7.96. The molecule has 0 amide bonds. The van der Waals surface area contributed by atoms with Gasteiger partial charge in [-0.15, -0.1) is 5.92 Å². The van der Waals surface area contributed by atoms with Crippen LogP contribution in [0.15, 0.2) is 11.0 Å².